The van der Waals surface area contributed by atoms with Gasteiger partial charge in [0.15, 0.2) is 0 Å². The van der Waals surface area contributed by atoms with Crippen molar-refractivity contribution in [2.45, 2.75) is 12.6 Å². The van der Waals surface area contributed by atoms with Crippen molar-refractivity contribution in [1.29, 1.82) is 0 Å². The van der Waals surface area contributed by atoms with Gasteiger partial charge in [-0.05, 0) is 33.6 Å². The van der Waals surface area contributed by atoms with Crippen LogP contribution in [-0.2, 0) is 11.3 Å². The van der Waals surface area contributed by atoms with Gasteiger partial charge < -0.3 is 4.74 Å². The fourth-order valence-electron chi connectivity index (χ4n) is 1.90. The molecule has 6 nitrogen and oxygen atoms in total. The number of rotatable bonds is 6. The van der Waals surface area contributed by atoms with Gasteiger partial charge in [0.2, 0.25) is 0 Å². The van der Waals surface area contributed by atoms with Crippen molar-refractivity contribution in [1.82, 2.24) is 20.2 Å². The number of pyridine rings is 1. The van der Waals surface area contributed by atoms with E-state index in [1.54, 1.807) is 25.7 Å². The molecule has 0 saturated carbocycles. The first-order valence-corrected chi connectivity index (χ1v) is 6.63. The fourth-order valence-corrected chi connectivity index (χ4v) is 2.43. The van der Waals surface area contributed by atoms with Crippen LogP contribution in [-0.4, -0.2) is 28.5 Å². The number of hydrogen-bond acceptors (Lipinski definition) is 5. The molecule has 102 valence electrons. The first-order chi connectivity index (χ1) is 9.27. The molecule has 0 spiro atoms. The van der Waals surface area contributed by atoms with E-state index in [2.05, 4.69) is 31.4 Å². The molecule has 0 fully saturated rings. The normalized spacial score (nSPS) is 12.6. The number of methoxy groups -OCH3 is 1. The van der Waals surface area contributed by atoms with E-state index < -0.39 is 0 Å². The molecule has 1 unspecified atom stereocenters. The fraction of sp³-hybridized carbons (Fsp3) is 0.333. The molecule has 0 aromatic carbocycles. The molecule has 0 saturated heterocycles. The highest BCUT2D eigenvalue weighted by molar-refractivity contribution is 9.10. The number of halogens is 1. The minimum atomic E-state index is -0.156. The molecule has 0 bridgehead atoms. The van der Waals surface area contributed by atoms with Gasteiger partial charge in [0, 0.05) is 19.5 Å². The molecule has 0 aliphatic carbocycles. The maximum atomic E-state index is 5.70. The lowest BCUT2D eigenvalue weighted by Gasteiger charge is -2.18. The predicted molar refractivity (Wildman–Crippen MR) is 75.2 cm³/mol. The van der Waals surface area contributed by atoms with Crippen molar-refractivity contribution in [3.63, 3.8) is 0 Å². The highest BCUT2D eigenvalue weighted by Crippen LogP contribution is 2.27. The van der Waals surface area contributed by atoms with Crippen molar-refractivity contribution in [2.24, 2.45) is 5.84 Å². The molecule has 2 rings (SSSR count). The SMILES string of the molecule is COCCn1ncc(Br)c1C(NN)c1ccncc1. The number of ether oxygens (including phenoxy) is 1. The Balaban J connectivity index is 2.35. The van der Waals surface area contributed by atoms with E-state index in [-0.39, 0.29) is 6.04 Å². The maximum Gasteiger partial charge on any atom is 0.0890 e. The van der Waals surface area contributed by atoms with Crippen LogP contribution in [0.5, 0.6) is 0 Å². The van der Waals surface area contributed by atoms with E-state index in [4.69, 9.17) is 10.6 Å². The number of hydrogen-bond donors (Lipinski definition) is 2. The quantitative estimate of drug-likeness (QED) is 0.617. The van der Waals surface area contributed by atoms with Crippen LogP contribution in [0.15, 0.2) is 35.2 Å². The first kappa shape index (κ1) is 14.1. The number of hydrazine groups is 1. The molecule has 0 aliphatic rings. The zero-order valence-corrected chi connectivity index (χ0v) is 12.2. The Morgan fingerprint density at radius 2 is 2.21 bits per heavy atom. The second kappa shape index (κ2) is 6.76. The monoisotopic (exact) mass is 325 g/mol. The van der Waals surface area contributed by atoms with E-state index >= 15 is 0 Å². The zero-order chi connectivity index (χ0) is 13.7. The Hall–Kier alpha value is -1.28. The third-order valence-electron chi connectivity index (χ3n) is 2.82. The Kier molecular flexibility index (Phi) is 5.03. The third kappa shape index (κ3) is 3.19. The average molecular weight is 326 g/mol. The first-order valence-electron chi connectivity index (χ1n) is 5.84. The maximum absolute atomic E-state index is 5.70. The summed E-state index contributed by atoms with van der Waals surface area (Å²) in [6, 6.07) is 3.69. The molecule has 0 aliphatic heterocycles. The lowest BCUT2D eigenvalue weighted by Crippen LogP contribution is -2.31. The third-order valence-corrected chi connectivity index (χ3v) is 3.43. The Morgan fingerprint density at radius 1 is 1.47 bits per heavy atom. The summed E-state index contributed by atoms with van der Waals surface area (Å²) in [5.74, 6) is 5.70. The second-order valence-electron chi connectivity index (χ2n) is 3.97. The molecule has 19 heavy (non-hydrogen) atoms. The molecule has 7 heteroatoms. The molecular formula is C12H16BrN5O. The summed E-state index contributed by atoms with van der Waals surface area (Å²) in [7, 11) is 1.67. The summed E-state index contributed by atoms with van der Waals surface area (Å²) < 4.78 is 7.87. The largest absolute Gasteiger partial charge is 0.383 e. The van der Waals surface area contributed by atoms with Gasteiger partial charge in [-0.1, -0.05) is 0 Å². The summed E-state index contributed by atoms with van der Waals surface area (Å²) in [6.07, 6.45) is 5.24. The second-order valence-corrected chi connectivity index (χ2v) is 4.83. The molecule has 2 heterocycles. The molecule has 2 aromatic rings. The lowest BCUT2D eigenvalue weighted by atomic mass is 10.1. The van der Waals surface area contributed by atoms with Crippen LogP contribution in [0.4, 0.5) is 0 Å². The predicted octanol–water partition coefficient (Wildman–Crippen LogP) is 1.24. The summed E-state index contributed by atoms with van der Waals surface area (Å²) in [4.78, 5) is 4.02. The van der Waals surface area contributed by atoms with Crippen molar-refractivity contribution in [3.05, 3.63) is 46.5 Å². The highest BCUT2D eigenvalue weighted by atomic mass is 79.9. The van der Waals surface area contributed by atoms with E-state index in [0.717, 1.165) is 15.7 Å². The van der Waals surface area contributed by atoms with Gasteiger partial charge in [0.05, 0.1) is 35.6 Å². The molecule has 0 amide bonds. The number of aromatic nitrogens is 3. The number of nitrogens with one attached hydrogen (secondary N) is 1. The van der Waals surface area contributed by atoms with Crippen molar-refractivity contribution < 1.29 is 4.74 Å². The zero-order valence-electron chi connectivity index (χ0n) is 10.6. The summed E-state index contributed by atoms with van der Waals surface area (Å²) >= 11 is 3.51. The van der Waals surface area contributed by atoms with E-state index in [1.807, 2.05) is 16.8 Å². The van der Waals surface area contributed by atoms with Crippen LogP contribution in [0.1, 0.15) is 17.3 Å². The minimum absolute atomic E-state index is 0.156. The molecule has 2 aromatic heterocycles. The van der Waals surface area contributed by atoms with Crippen molar-refractivity contribution in [2.75, 3.05) is 13.7 Å². The molecular weight excluding hydrogens is 310 g/mol. The van der Waals surface area contributed by atoms with Gasteiger partial charge in [-0.25, -0.2) is 5.43 Å². The molecule has 3 N–H and O–H groups in total. The molecule has 0 radical (unpaired) electrons. The van der Waals surface area contributed by atoms with Crippen LogP contribution in [0.2, 0.25) is 0 Å². The van der Waals surface area contributed by atoms with Crippen molar-refractivity contribution in [3.8, 4) is 0 Å². The van der Waals surface area contributed by atoms with Crippen LogP contribution in [0.25, 0.3) is 0 Å². The topological polar surface area (TPSA) is 78.0 Å². The van der Waals surface area contributed by atoms with E-state index in [0.29, 0.717) is 13.2 Å². The Morgan fingerprint density at radius 3 is 2.84 bits per heavy atom. The van der Waals surface area contributed by atoms with E-state index in [9.17, 15) is 0 Å². The van der Waals surface area contributed by atoms with Gasteiger partial charge in [-0.15, -0.1) is 0 Å². The average Bonchev–Trinajstić information content (AvgIpc) is 2.80. The van der Waals surface area contributed by atoms with Gasteiger partial charge in [0.25, 0.3) is 0 Å². The van der Waals surface area contributed by atoms with Gasteiger partial charge in [-0.3, -0.25) is 15.5 Å². The highest BCUT2D eigenvalue weighted by Gasteiger charge is 2.20. The Labute approximate surface area is 120 Å². The van der Waals surface area contributed by atoms with Gasteiger partial charge in [-0.2, -0.15) is 5.10 Å². The summed E-state index contributed by atoms with van der Waals surface area (Å²) in [5.41, 5.74) is 4.81. The Bertz CT molecular complexity index is 516. The lowest BCUT2D eigenvalue weighted by molar-refractivity contribution is 0.182. The van der Waals surface area contributed by atoms with Gasteiger partial charge >= 0.3 is 0 Å². The summed E-state index contributed by atoms with van der Waals surface area (Å²) in [5, 5.41) is 4.33. The number of nitrogens with zero attached hydrogens (tertiary/aromatic N) is 3. The van der Waals surface area contributed by atoms with E-state index in [1.165, 1.54) is 0 Å². The minimum Gasteiger partial charge on any atom is -0.383 e. The van der Waals surface area contributed by atoms with Crippen LogP contribution >= 0.6 is 15.9 Å². The van der Waals surface area contributed by atoms with Crippen LogP contribution in [0, 0.1) is 0 Å². The van der Waals surface area contributed by atoms with Gasteiger partial charge in [0.1, 0.15) is 0 Å². The summed E-state index contributed by atoms with van der Waals surface area (Å²) in [6.45, 7) is 1.26. The molecule has 1 atom stereocenters. The smallest absolute Gasteiger partial charge is 0.0890 e. The number of nitrogens with two attached hydrogens (primary N) is 1. The van der Waals surface area contributed by atoms with Crippen LogP contribution in [0.3, 0.4) is 0 Å². The van der Waals surface area contributed by atoms with Crippen molar-refractivity contribution >= 4 is 15.9 Å². The standard InChI is InChI=1S/C12H16BrN5O/c1-19-7-6-18-12(10(13)8-16-18)11(17-14)9-2-4-15-5-3-9/h2-5,8,11,17H,6-7,14H2,1H3. The van der Waals surface area contributed by atoms with Crippen LogP contribution < -0.4 is 11.3 Å².